The Bertz CT molecular complexity index is 405. The van der Waals surface area contributed by atoms with Crippen molar-refractivity contribution in [3.8, 4) is 0 Å². The van der Waals surface area contributed by atoms with Crippen LogP contribution in [0.3, 0.4) is 0 Å². The second-order valence-electron chi connectivity index (χ2n) is 4.44. The predicted octanol–water partition coefficient (Wildman–Crippen LogP) is 0.719. The number of aromatic nitrogens is 1. The minimum absolute atomic E-state index is 0.211. The Labute approximate surface area is 111 Å². The first-order valence-corrected chi connectivity index (χ1v) is 6.48. The fourth-order valence-corrected chi connectivity index (χ4v) is 1.95. The van der Waals surface area contributed by atoms with Gasteiger partial charge in [0.1, 0.15) is 11.5 Å². The quantitative estimate of drug-likeness (QED) is 0.772. The molecule has 0 spiro atoms. The van der Waals surface area contributed by atoms with E-state index < -0.39 is 5.82 Å². The van der Waals surface area contributed by atoms with Gasteiger partial charge in [0.15, 0.2) is 0 Å². The van der Waals surface area contributed by atoms with Crippen LogP contribution in [-0.2, 0) is 4.74 Å². The third-order valence-corrected chi connectivity index (χ3v) is 2.99. The minimum Gasteiger partial charge on any atom is -0.376 e. The van der Waals surface area contributed by atoms with Crippen molar-refractivity contribution in [2.75, 3.05) is 26.2 Å². The summed E-state index contributed by atoms with van der Waals surface area (Å²) in [5.41, 5.74) is 0.211. The third-order valence-electron chi connectivity index (χ3n) is 2.99. The van der Waals surface area contributed by atoms with Crippen molar-refractivity contribution in [3.05, 3.63) is 29.8 Å². The van der Waals surface area contributed by atoms with E-state index in [1.807, 2.05) is 0 Å². The summed E-state index contributed by atoms with van der Waals surface area (Å²) < 4.78 is 18.3. The van der Waals surface area contributed by atoms with Gasteiger partial charge < -0.3 is 15.4 Å². The van der Waals surface area contributed by atoms with Crippen LogP contribution in [0.15, 0.2) is 18.3 Å². The molecule has 6 heteroatoms. The number of amides is 1. The molecule has 1 amide bonds. The highest BCUT2D eigenvalue weighted by Gasteiger charge is 2.13. The van der Waals surface area contributed by atoms with Gasteiger partial charge in [0.05, 0.1) is 18.9 Å². The molecule has 2 heterocycles. The minimum atomic E-state index is -0.453. The van der Waals surface area contributed by atoms with E-state index >= 15 is 0 Å². The van der Waals surface area contributed by atoms with Gasteiger partial charge in [-0.05, 0) is 38.1 Å². The van der Waals surface area contributed by atoms with Crippen molar-refractivity contribution in [3.63, 3.8) is 0 Å². The number of hydrogen-bond donors (Lipinski definition) is 2. The van der Waals surface area contributed by atoms with Gasteiger partial charge in [-0.15, -0.1) is 0 Å². The van der Waals surface area contributed by atoms with Gasteiger partial charge in [-0.2, -0.15) is 0 Å². The van der Waals surface area contributed by atoms with E-state index in [1.165, 1.54) is 12.1 Å². The molecular formula is C13H18FN3O2. The first-order valence-electron chi connectivity index (χ1n) is 6.48. The molecule has 0 aromatic carbocycles. The molecule has 1 aromatic rings. The van der Waals surface area contributed by atoms with Crippen molar-refractivity contribution >= 4 is 5.91 Å². The fraction of sp³-hybridized carbons (Fsp3) is 0.538. The summed E-state index contributed by atoms with van der Waals surface area (Å²) in [5, 5.41) is 5.95. The first-order chi connectivity index (χ1) is 9.25. The Balaban J connectivity index is 1.64. The van der Waals surface area contributed by atoms with Crippen LogP contribution in [0.5, 0.6) is 0 Å². The summed E-state index contributed by atoms with van der Waals surface area (Å²) in [6.07, 6.45) is 3.32. The Morgan fingerprint density at radius 3 is 2.95 bits per heavy atom. The molecule has 1 fully saturated rings. The standard InChI is InChI=1S/C13H18FN3O2/c14-10-1-2-12(17-9-10)13(18)16-7-8-19-11-3-5-15-6-4-11/h1-2,9,11,15H,3-8H2,(H,16,18). The maximum absolute atomic E-state index is 12.6. The topological polar surface area (TPSA) is 63.2 Å². The molecule has 0 saturated carbocycles. The second-order valence-corrected chi connectivity index (χ2v) is 4.44. The molecule has 0 unspecified atom stereocenters. The van der Waals surface area contributed by atoms with Crippen LogP contribution in [0.1, 0.15) is 23.3 Å². The first kappa shape index (κ1) is 13.9. The van der Waals surface area contributed by atoms with Crippen molar-refractivity contribution in [1.82, 2.24) is 15.6 Å². The summed E-state index contributed by atoms with van der Waals surface area (Å²) in [6, 6.07) is 2.58. The van der Waals surface area contributed by atoms with Gasteiger partial charge in [-0.25, -0.2) is 9.37 Å². The van der Waals surface area contributed by atoms with Gasteiger partial charge >= 0.3 is 0 Å². The lowest BCUT2D eigenvalue weighted by Crippen LogP contribution is -2.35. The summed E-state index contributed by atoms with van der Waals surface area (Å²) >= 11 is 0. The average molecular weight is 267 g/mol. The Morgan fingerprint density at radius 1 is 1.47 bits per heavy atom. The Morgan fingerprint density at radius 2 is 2.26 bits per heavy atom. The number of carbonyl (C=O) groups excluding carboxylic acids is 1. The number of piperidine rings is 1. The SMILES string of the molecule is O=C(NCCOC1CCNCC1)c1ccc(F)cn1. The zero-order valence-electron chi connectivity index (χ0n) is 10.7. The highest BCUT2D eigenvalue weighted by atomic mass is 19.1. The van der Waals surface area contributed by atoms with Crippen molar-refractivity contribution < 1.29 is 13.9 Å². The van der Waals surface area contributed by atoms with Crippen LogP contribution in [0.4, 0.5) is 4.39 Å². The lowest BCUT2D eigenvalue weighted by Gasteiger charge is -2.22. The molecular weight excluding hydrogens is 249 g/mol. The molecule has 2 rings (SSSR count). The smallest absolute Gasteiger partial charge is 0.269 e. The second kappa shape index (κ2) is 7.16. The van der Waals surface area contributed by atoms with E-state index in [4.69, 9.17) is 4.74 Å². The number of hydrogen-bond acceptors (Lipinski definition) is 4. The van der Waals surface area contributed by atoms with Gasteiger partial charge in [0, 0.05) is 6.54 Å². The maximum atomic E-state index is 12.6. The maximum Gasteiger partial charge on any atom is 0.269 e. The van der Waals surface area contributed by atoms with Crippen LogP contribution >= 0.6 is 0 Å². The molecule has 5 nitrogen and oxygen atoms in total. The number of halogens is 1. The molecule has 0 atom stereocenters. The molecule has 1 aromatic heterocycles. The van der Waals surface area contributed by atoms with Crippen LogP contribution in [0.25, 0.3) is 0 Å². The van der Waals surface area contributed by atoms with Crippen molar-refractivity contribution in [1.29, 1.82) is 0 Å². The van der Waals surface area contributed by atoms with Crippen molar-refractivity contribution in [2.45, 2.75) is 18.9 Å². The largest absolute Gasteiger partial charge is 0.376 e. The summed E-state index contributed by atoms with van der Waals surface area (Å²) in [4.78, 5) is 15.4. The number of carbonyl (C=O) groups is 1. The third kappa shape index (κ3) is 4.57. The van der Waals surface area contributed by atoms with E-state index in [-0.39, 0.29) is 17.7 Å². The van der Waals surface area contributed by atoms with Gasteiger partial charge in [-0.1, -0.05) is 0 Å². The molecule has 0 aliphatic carbocycles. The lowest BCUT2D eigenvalue weighted by atomic mass is 10.1. The van der Waals surface area contributed by atoms with Crippen LogP contribution < -0.4 is 10.6 Å². The Kier molecular flexibility index (Phi) is 5.23. The van der Waals surface area contributed by atoms with E-state index in [2.05, 4.69) is 15.6 Å². The normalized spacial score (nSPS) is 16.3. The average Bonchev–Trinajstić information content (AvgIpc) is 2.45. The van der Waals surface area contributed by atoms with E-state index in [1.54, 1.807) is 0 Å². The molecule has 104 valence electrons. The number of nitrogens with one attached hydrogen (secondary N) is 2. The van der Waals surface area contributed by atoms with Gasteiger partial charge in [0.25, 0.3) is 5.91 Å². The lowest BCUT2D eigenvalue weighted by molar-refractivity contribution is 0.0343. The van der Waals surface area contributed by atoms with Crippen molar-refractivity contribution in [2.24, 2.45) is 0 Å². The predicted molar refractivity (Wildman–Crippen MR) is 68.4 cm³/mol. The van der Waals surface area contributed by atoms with Crippen LogP contribution in [0, 0.1) is 5.82 Å². The number of ether oxygens (including phenoxy) is 1. The monoisotopic (exact) mass is 267 g/mol. The van der Waals surface area contributed by atoms with Gasteiger partial charge in [-0.3, -0.25) is 4.79 Å². The highest BCUT2D eigenvalue weighted by Crippen LogP contribution is 2.06. The van der Waals surface area contributed by atoms with Crippen LogP contribution in [-0.4, -0.2) is 43.2 Å². The van der Waals surface area contributed by atoms with E-state index in [9.17, 15) is 9.18 Å². The highest BCUT2D eigenvalue weighted by molar-refractivity contribution is 5.92. The zero-order chi connectivity index (χ0) is 13.5. The molecule has 1 aliphatic heterocycles. The molecule has 19 heavy (non-hydrogen) atoms. The number of nitrogens with zero attached hydrogens (tertiary/aromatic N) is 1. The summed E-state index contributed by atoms with van der Waals surface area (Å²) in [5.74, 6) is -0.764. The number of rotatable bonds is 5. The zero-order valence-corrected chi connectivity index (χ0v) is 10.7. The molecule has 0 radical (unpaired) electrons. The summed E-state index contributed by atoms with van der Waals surface area (Å²) in [6.45, 7) is 2.88. The van der Waals surface area contributed by atoms with E-state index in [0.29, 0.717) is 13.2 Å². The van der Waals surface area contributed by atoms with Gasteiger partial charge in [0.2, 0.25) is 0 Å². The fourth-order valence-electron chi connectivity index (χ4n) is 1.95. The molecule has 2 N–H and O–H groups in total. The van der Waals surface area contributed by atoms with Crippen LogP contribution in [0.2, 0.25) is 0 Å². The molecule has 1 saturated heterocycles. The molecule has 0 bridgehead atoms. The van der Waals surface area contributed by atoms with E-state index in [0.717, 1.165) is 32.1 Å². The summed E-state index contributed by atoms with van der Waals surface area (Å²) in [7, 11) is 0. The number of pyridine rings is 1. The Hall–Kier alpha value is -1.53. The molecule has 1 aliphatic rings.